The number of alkyl halides is 5. The molecule has 0 bridgehead atoms. The van der Waals surface area contributed by atoms with Crippen molar-refractivity contribution in [3.63, 3.8) is 0 Å². The van der Waals surface area contributed by atoms with Gasteiger partial charge in [-0.1, -0.05) is 58.0 Å². The van der Waals surface area contributed by atoms with Crippen molar-refractivity contribution in [1.82, 2.24) is 0 Å². The van der Waals surface area contributed by atoms with Crippen LogP contribution in [0.25, 0.3) is 0 Å². The van der Waals surface area contributed by atoms with Crippen molar-refractivity contribution in [3.8, 4) is 0 Å². The summed E-state index contributed by atoms with van der Waals surface area (Å²) >= 11 is 27.9. The lowest BCUT2D eigenvalue weighted by atomic mass is 10.1. The monoisotopic (exact) mass is 380 g/mol. The third kappa shape index (κ3) is 3.32. The van der Waals surface area contributed by atoms with Gasteiger partial charge in [-0.3, -0.25) is 0 Å². The Balaban J connectivity index is 3.39. The van der Waals surface area contributed by atoms with Crippen molar-refractivity contribution in [3.05, 3.63) is 30.7 Å². The van der Waals surface area contributed by atoms with E-state index >= 15 is 0 Å². The molecule has 0 spiro atoms. The Kier molecular flexibility index (Phi) is 5.12. The highest BCUT2D eigenvalue weighted by molar-refractivity contribution is 6.55. The summed E-state index contributed by atoms with van der Waals surface area (Å²) in [5.41, 5.74) is -0.718. The van der Waals surface area contributed by atoms with E-state index in [9.17, 15) is 22.0 Å². The molecule has 1 rings (SSSR count). The molecule has 0 aliphatic rings. The summed E-state index contributed by atoms with van der Waals surface area (Å²) in [5, 5.41) is -2.39. The minimum Gasteiger partial charge on any atom is -0.196 e. The summed E-state index contributed by atoms with van der Waals surface area (Å²) in [4.78, 5) is 0. The molecule has 0 fully saturated rings. The third-order valence-electron chi connectivity index (χ3n) is 2.11. The Bertz CT molecular complexity index is 482. The molecule has 0 nitrogen and oxygen atoms in total. The molecule has 0 saturated heterocycles. The topological polar surface area (TPSA) is 0 Å². The van der Waals surface area contributed by atoms with E-state index in [1.54, 1.807) is 0 Å². The average molecular weight is 382 g/mol. The maximum absolute atomic E-state index is 13.0. The smallest absolute Gasteiger partial charge is 0.196 e. The van der Waals surface area contributed by atoms with E-state index in [0.717, 1.165) is 0 Å². The van der Waals surface area contributed by atoms with E-state index in [2.05, 4.69) is 0 Å². The van der Waals surface area contributed by atoms with Crippen molar-refractivity contribution < 1.29 is 22.0 Å². The highest BCUT2D eigenvalue weighted by Crippen LogP contribution is 2.47. The first kappa shape index (κ1) is 17.4. The van der Waals surface area contributed by atoms with E-state index in [1.807, 2.05) is 0 Å². The molecule has 0 amide bonds. The molecule has 0 aliphatic heterocycles. The second-order valence-electron chi connectivity index (χ2n) is 3.43. The van der Waals surface area contributed by atoms with Gasteiger partial charge in [0.15, 0.2) is 0 Å². The second-order valence-corrected chi connectivity index (χ2v) is 5.32. The van der Waals surface area contributed by atoms with Crippen LogP contribution in [0.5, 0.6) is 0 Å². The van der Waals surface area contributed by atoms with E-state index in [1.165, 1.54) is 0 Å². The summed E-state index contributed by atoms with van der Waals surface area (Å²) in [6, 6.07) is 0. The fraction of sp³-hybridized carbons (Fsp3) is 0.333. The van der Waals surface area contributed by atoms with Crippen LogP contribution in [0.15, 0.2) is 0 Å². The quantitative estimate of drug-likeness (QED) is 0.304. The van der Waals surface area contributed by atoms with Crippen molar-refractivity contribution >= 4 is 58.0 Å². The summed E-state index contributed by atoms with van der Waals surface area (Å²) < 4.78 is 62.4. The van der Waals surface area contributed by atoms with E-state index < -0.39 is 44.2 Å². The van der Waals surface area contributed by atoms with E-state index in [4.69, 9.17) is 58.0 Å². The van der Waals surface area contributed by atoms with Gasteiger partial charge in [0.25, 0.3) is 0 Å². The molecular formula is C9H2Cl5F5. The number of halogens is 10. The summed E-state index contributed by atoms with van der Waals surface area (Å²) in [6.07, 6.45) is -7.54. The second kappa shape index (κ2) is 5.60. The zero-order valence-corrected chi connectivity index (χ0v) is 12.3. The first-order valence-corrected chi connectivity index (χ1v) is 6.24. The van der Waals surface area contributed by atoms with Crippen molar-refractivity contribution in [2.24, 2.45) is 0 Å². The molecule has 108 valence electrons. The normalized spacial score (nSPS) is 12.9. The van der Waals surface area contributed by atoms with Crippen LogP contribution in [0, 0.1) is 0 Å². The minimum absolute atomic E-state index is 0.322. The standard InChI is InChI=1S/C9H2Cl5F5/c10-3-2(1-8(15,16)9(17,18)19)4(11)6(13)7(14)5(3)12/h1H2. The van der Waals surface area contributed by atoms with Crippen LogP contribution in [0.3, 0.4) is 0 Å². The van der Waals surface area contributed by atoms with Gasteiger partial charge in [0.05, 0.1) is 25.1 Å². The lowest BCUT2D eigenvalue weighted by Gasteiger charge is -2.21. The van der Waals surface area contributed by atoms with Crippen LogP contribution >= 0.6 is 58.0 Å². The van der Waals surface area contributed by atoms with Crippen LogP contribution in [0.1, 0.15) is 5.56 Å². The van der Waals surface area contributed by atoms with E-state index in [-0.39, 0.29) is 5.02 Å². The zero-order chi connectivity index (χ0) is 15.2. The summed E-state index contributed by atoms with van der Waals surface area (Å²) in [5.74, 6) is -5.03. The highest BCUT2D eigenvalue weighted by atomic mass is 35.5. The Morgan fingerprint density at radius 1 is 0.632 bits per heavy atom. The van der Waals surface area contributed by atoms with Crippen molar-refractivity contribution in [2.45, 2.75) is 18.5 Å². The molecule has 0 heterocycles. The third-order valence-corrected chi connectivity index (χ3v) is 4.47. The Morgan fingerprint density at radius 3 is 1.26 bits per heavy atom. The minimum atomic E-state index is -5.75. The fourth-order valence-electron chi connectivity index (χ4n) is 1.13. The van der Waals surface area contributed by atoms with Gasteiger partial charge in [0, 0.05) is 6.42 Å². The van der Waals surface area contributed by atoms with Crippen LogP contribution in [0.2, 0.25) is 25.1 Å². The van der Waals surface area contributed by atoms with Gasteiger partial charge in [-0.2, -0.15) is 22.0 Å². The zero-order valence-electron chi connectivity index (χ0n) is 8.49. The SMILES string of the molecule is FC(F)(F)C(F)(F)Cc1c(Cl)c(Cl)c(Cl)c(Cl)c1Cl. The van der Waals surface area contributed by atoms with Gasteiger partial charge in [0.1, 0.15) is 0 Å². The molecular weight excluding hydrogens is 380 g/mol. The molecule has 0 atom stereocenters. The molecule has 1 aromatic rings. The Hall–Kier alpha value is 0.320. The van der Waals surface area contributed by atoms with Crippen molar-refractivity contribution in [2.75, 3.05) is 0 Å². The van der Waals surface area contributed by atoms with Gasteiger partial charge < -0.3 is 0 Å². The molecule has 0 saturated carbocycles. The predicted octanol–water partition coefficient (Wildman–Crippen LogP) is 6.69. The van der Waals surface area contributed by atoms with Gasteiger partial charge >= 0.3 is 12.1 Å². The van der Waals surface area contributed by atoms with Gasteiger partial charge in [-0.15, -0.1) is 0 Å². The van der Waals surface area contributed by atoms with Crippen LogP contribution in [-0.4, -0.2) is 12.1 Å². The van der Waals surface area contributed by atoms with Gasteiger partial charge in [-0.05, 0) is 5.56 Å². The van der Waals surface area contributed by atoms with Gasteiger partial charge in [0.2, 0.25) is 0 Å². The first-order chi connectivity index (χ1) is 8.40. The fourth-order valence-corrected chi connectivity index (χ4v) is 2.44. The maximum atomic E-state index is 13.0. The number of hydrogen-bond acceptors (Lipinski definition) is 0. The molecule has 0 aliphatic carbocycles. The molecule has 10 heteroatoms. The molecule has 0 unspecified atom stereocenters. The van der Waals surface area contributed by atoms with Crippen LogP contribution in [-0.2, 0) is 6.42 Å². The largest absolute Gasteiger partial charge is 0.453 e. The van der Waals surface area contributed by atoms with Crippen LogP contribution in [0.4, 0.5) is 22.0 Å². The number of benzene rings is 1. The number of hydrogen-bond donors (Lipinski definition) is 0. The summed E-state index contributed by atoms with van der Waals surface area (Å²) in [7, 11) is 0. The molecule has 1 aromatic carbocycles. The van der Waals surface area contributed by atoms with E-state index in [0.29, 0.717) is 0 Å². The maximum Gasteiger partial charge on any atom is 0.453 e. The lowest BCUT2D eigenvalue weighted by Crippen LogP contribution is -2.38. The molecule has 0 aromatic heterocycles. The van der Waals surface area contributed by atoms with Crippen LogP contribution < -0.4 is 0 Å². The number of rotatable bonds is 2. The average Bonchev–Trinajstić information content (AvgIpc) is 2.28. The predicted molar refractivity (Wildman–Crippen MR) is 66.2 cm³/mol. The Morgan fingerprint density at radius 2 is 0.947 bits per heavy atom. The molecule has 0 N–H and O–H groups in total. The van der Waals surface area contributed by atoms with Gasteiger partial charge in [-0.25, -0.2) is 0 Å². The lowest BCUT2D eigenvalue weighted by molar-refractivity contribution is -0.281. The molecule has 0 radical (unpaired) electrons. The van der Waals surface area contributed by atoms with Crippen molar-refractivity contribution in [1.29, 1.82) is 0 Å². The molecule has 19 heavy (non-hydrogen) atoms. The highest BCUT2D eigenvalue weighted by Gasteiger charge is 2.57. The first-order valence-electron chi connectivity index (χ1n) is 4.35. The Labute approximate surface area is 129 Å². The summed E-state index contributed by atoms with van der Waals surface area (Å²) in [6.45, 7) is 0.